The number of nitrogens with zero attached hydrogens (tertiary/aromatic N) is 1. The van der Waals surface area contributed by atoms with Gasteiger partial charge in [-0.15, -0.1) is 0 Å². The number of aryl methyl sites for hydroxylation is 1. The molecule has 4 aromatic carbocycles. The number of hydrogen-bond acceptors (Lipinski definition) is 6. The van der Waals surface area contributed by atoms with Crippen LogP contribution in [-0.4, -0.2) is 24.6 Å². The van der Waals surface area contributed by atoms with E-state index < -0.39 is 29.6 Å². The van der Waals surface area contributed by atoms with Crippen LogP contribution in [0.25, 0.3) is 16.3 Å². The lowest BCUT2D eigenvalue weighted by atomic mass is 9.64. The summed E-state index contributed by atoms with van der Waals surface area (Å²) < 4.78 is 17.0. The number of carbonyl (C=O) groups is 3. The third-order valence-corrected chi connectivity index (χ3v) is 8.62. The lowest BCUT2D eigenvalue weighted by molar-refractivity contribution is -0.142. The molecule has 0 N–H and O–H groups in total. The summed E-state index contributed by atoms with van der Waals surface area (Å²) in [6.45, 7) is 2.00. The number of benzene rings is 4. The molecule has 0 bridgehead atoms. The van der Waals surface area contributed by atoms with Crippen LogP contribution in [0.4, 0.5) is 5.69 Å². The van der Waals surface area contributed by atoms with Crippen LogP contribution in [-0.2, 0) is 14.4 Å². The summed E-state index contributed by atoms with van der Waals surface area (Å²) in [5.41, 5.74) is 3.67. The third kappa shape index (κ3) is 3.09. The van der Waals surface area contributed by atoms with E-state index in [0.717, 1.165) is 33.0 Å². The smallest absolute Gasteiger partial charge is 0.319 e. The predicted octanol–water partition coefficient (Wildman–Crippen LogP) is 5.40. The Bertz CT molecular complexity index is 1820. The van der Waals surface area contributed by atoms with Gasteiger partial charge in [0.15, 0.2) is 11.5 Å². The number of ether oxygens (including phenoxy) is 3. The topological polar surface area (TPSA) is 82.1 Å². The molecular weight excluding hydrogens is 506 g/mol. The predicted molar refractivity (Wildman–Crippen MR) is 147 cm³/mol. The van der Waals surface area contributed by atoms with Crippen molar-refractivity contribution in [3.8, 4) is 17.2 Å². The van der Waals surface area contributed by atoms with Gasteiger partial charge in [0.1, 0.15) is 5.75 Å². The highest BCUT2D eigenvalue weighted by molar-refractivity contribution is 6.25. The molecule has 1 fully saturated rings. The average molecular weight is 530 g/mol. The number of para-hydroxylation sites is 1. The summed E-state index contributed by atoms with van der Waals surface area (Å²) in [5, 5.41) is 1.93. The second-order valence-electron chi connectivity index (χ2n) is 10.7. The maximum Gasteiger partial charge on any atom is 0.319 e. The molecule has 4 atom stereocenters. The molecule has 1 aliphatic carbocycles. The third-order valence-electron chi connectivity index (χ3n) is 8.62. The Balaban J connectivity index is 1.38. The van der Waals surface area contributed by atoms with Gasteiger partial charge in [-0.2, -0.15) is 0 Å². The molecule has 4 aromatic rings. The Morgan fingerprint density at radius 1 is 0.775 bits per heavy atom. The average Bonchev–Trinajstić information content (AvgIpc) is 3.54. The lowest BCUT2D eigenvalue weighted by Crippen LogP contribution is -2.42. The van der Waals surface area contributed by atoms with Crippen LogP contribution in [0.15, 0.2) is 84.9 Å². The van der Waals surface area contributed by atoms with Crippen LogP contribution in [0, 0.1) is 24.7 Å². The van der Waals surface area contributed by atoms with Crippen LogP contribution in [0.5, 0.6) is 17.2 Å². The Labute approximate surface area is 229 Å². The SMILES string of the molecule is Cc1ccccc1N1C(=O)[C@@H]2[C@@H]3C(=O)Oc4ccc5ccccc5c4C3=C[C@@H](c3ccc4c(c3)OCO4)[C@@H]2C1=O. The van der Waals surface area contributed by atoms with E-state index in [1.807, 2.05) is 73.7 Å². The highest BCUT2D eigenvalue weighted by Gasteiger charge is 2.60. The first kappa shape index (κ1) is 23.0. The summed E-state index contributed by atoms with van der Waals surface area (Å²) in [6, 6.07) is 24.6. The molecule has 3 aliphatic heterocycles. The summed E-state index contributed by atoms with van der Waals surface area (Å²) in [6.07, 6.45) is 2.00. The van der Waals surface area contributed by atoms with Gasteiger partial charge in [0.2, 0.25) is 18.6 Å². The van der Waals surface area contributed by atoms with Crippen LogP contribution in [0.3, 0.4) is 0 Å². The molecule has 7 heteroatoms. The number of anilines is 1. The number of esters is 1. The Morgan fingerprint density at radius 3 is 2.40 bits per heavy atom. The van der Waals surface area contributed by atoms with Crippen molar-refractivity contribution in [3.05, 3.63) is 102 Å². The van der Waals surface area contributed by atoms with Gasteiger partial charge in [-0.1, -0.05) is 60.7 Å². The molecule has 1 saturated heterocycles. The largest absolute Gasteiger partial charge is 0.454 e. The molecule has 0 spiro atoms. The van der Waals surface area contributed by atoms with Crippen LogP contribution in [0.2, 0.25) is 0 Å². The number of amides is 2. The van der Waals surface area contributed by atoms with Gasteiger partial charge in [0.25, 0.3) is 0 Å². The quantitative estimate of drug-likeness (QED) is 0.197. The fourth-order valence-electron chi connectivity index (χ4n) is 6.83. The maximum absolute atomic E-state index is 14.3. The second-order valence-corrected chi connectivity index (χ2v) is 10.7. The monoisotopic (exact) mass is 529 g/mol. The van der Waals surface area contributed by atoms with Crippen molar-refractivity contribution in [3.63, 3.8) is 0 Å². The zero-order valence-corrected chi connectivity index (χ0v) is 21.5. The van der Waals surface area contributed by atoms with E-state index in [1.54, 1.807) is 18.2 Å². The first-order valence-electron chi connectivity index (χ1n) is 13.3. The Kier molecular flexibility index (Phi) is 4.77. The van der Waals surface area contributed by atoms with E-state index in [2.05, 4.69) is 0 Å². The molecule has 0 saturated carbocycles. The highest BCUT2D eigenvalue weighted by atomic mass is 16.7. The summed E-state index contributed by atoms with van der Waals surface area (Å²) in [4.78, 5) is 43.4. The van der Waals surface area contributed by atoms with E-state index in [4.69, 9.17) is 14.2 Å². The number of allylic oxidation sites excluding steroid dienone is 1. The zero-order chi connectivity index (χ0) is 27.1. The van der Waals surface area contributed by atoms with E-state index in [9.17, 15) is 14.4 Å². The molecule has 196 valence electrons. The number of carbonyl (C=O) groups excluding carboxylic acids is 3. The number of hydrogen-bond donors (Lipinski definition) is 0. The van der Waals surface area contributed by atoms with E-state index in [0.29, 0.717) is 22.9 Å². The van der Waals surface area contributed by atoms with Crippen LogP contribution in [0.1, 0.15) is 22.6 Å². The second kappa shape index (κ2) is 8.29. The summed E-state index contributed by atoms with van der Waals surface area (Å²) >= 11 is 0. The minimum Gasteiger partial charge on any atom is -0.454 e. The molecule has 8 rings (SSSR count). The van der Waals surface area contributed by atoms with Crippen LogP contribution >= 0.6 is 0 Å². The molecule has 0 radical (unpaired) electrons. The van der Waals surface area contributed by atoms with Gasteiger partial charge in [0.05, 0.1) is 23.4 Å². The number of imide groups is 1. The summed E-state index contributed by atoms with van der Waals surface area (Å²) in [7, 11) is 0. The molecule has 4 aliphatic rings. The highest BCUT2D eigenvalue weighted by Crippen LogP contribution is 2.56. The number of fused-ring (bicyclic) bond motifs is 8. The van der Waals surface area contributed by atoms with Crippen molar-refractivity contribution < 1.29 is 28.6 Å². The van der Waals surface area contributed by atoms with Gasteiger partial charge >= 0.3 is 5.97 Å². The Hall–Kier alpha value is -4.91. The number of rotatable bonds is 2. The van der Waals surface area contributed by atoms with Crippen molar-refractivity contribution in [2.45, 2.75) is 12.8 Å². The molecule has 2 amide bonds. The fraction of sp³-hybridized carbons (Fsp3) is 0.182. The zero-order valence-electron chi connectivity index (χ0n) is 21.5. The van der Waals surface area contributed by atoms with Gasteiger partial charge in [-0.05, 0) is 58.7 Å². The lowest BCUT2D eigenvalue weighted by Gasteiger charge is -2.38. The van der Waals surface area contributed by atoms with Crippen molar-refractivity contribution in [2.75, 3.05) is 11.7 Å². The van der Waals surface area contributed by atoms with Gasteiger partial charge < -0.3 is 14.2 Å². The molecular formula is C33H23NO6. The van der Waals surface area contributed by atoms with Crippen LogP contribution < -0.4 is 19.1 Å². The molecule has 7 nitrogen and oxygen atoms in total. The van der Waals surface area contributed by atoms with Gasteiger partial charge in [-0.25, -0.2) is 4.90 Å². The van der Waals surface area contributed by atoms with E-state index in [1.165, 1.54) is 4.90 Å². The van der Waals surface area contributed by atoms with Gasteiger partial charge in [0, 0.05) is 11.5 Å². The van der Waals surface area contributed by atoms with Crippen molar-refractivity contribution in [1.29, 1.82) is 0 Å². The fourth-order valence-corrected chi connectivity index (χ4v) is 6.83. The van der Waals surface area contributed by atoms with E-state index >= 15 is 0 Å². The minimum atomic E-state index is -0.915. The maximum atomic E-state index is 14.3. The normalized spacial score (nSPS) is 24.4. The molecule has 0 unspecified atom stereocenters. The van der Waals surface area contributed by atoms with Crippen molar-refractivity contribution >= 4 is 39.8 Å². The van der Waals surface area contributed by atoms with Crippen molar-refractivity contribution in [1.82, 2.24) is 0 Å². The van der Waals surface area contributed by atoms with Crippen molar-refractivity contribution in [2.24, 2.45) is 17.8 Å². The molecule has 3 heterocycles. The first-order valence-corrected chi connectivity index (χ1v) is 13.3. The summed E-state index contributed by atoms with van der Waals surface area (Å²) in [5.74, 6) is -2.61. The Morgan fingerprint density at radius 2 is 1.52 bits per heavy atom. The standard InChI is InChI=1S/C33H23NO6/c1-17-6-2-5-9-23(17)34-31(35)28-21(19-11-12-24-26(14-19)39-16-38-24)15-22-27-20-8-4-3-7-18(20)10-13-25(27)40-33(37)29(22)30(28)32(34)36/h2-15,21,28-30H,16H2,1H3/t21-,28-,29+,30-/m0/s1. The molecule has 40 heavy (non-hydrogen) atoms. The van der Waals surface area contributed by atoms with Gasteiger partial charge in [-0.3, -0.25) is 14.4 Å². The first-order chi connectivity index (χ1) is 19.5. The minimum absolute atomic E-state index is 0.127. The molecule has 0 aromatic heterocycles. The van der Waals surface area contributed by atoms with E-state index in [-0.39, 0.29) is 18.6 Å².